The molecule has 168 valence electrons. The van der Waals surface area contributed by atoms with Gasteiger partial charge >= 0.3 is 0 Å². The molecule has 7 heteroatoms. The molecule has 3 fully saturated rings. The van der Waals surface area contributed by atoms with E-state index in [2.05, 4.69) is 14.9 Å². The summed E-state index contributed by atoms with van der Waals surface area (Å²) in [6.45, 7) is 3.86. The quantitative estimate of drug-likeness (QED) is 0.801. The van der Waals surface area contributed by atoms with Gasteiger partial charge in [0.2, 0.25) is 5.91 Å². The van der Waals surface area contributed by atoms with Crippen LogP contribution in [0.15, 0.2) is 29.3 Å². The molecule has 1 amide bonds. The second kappa shape index (κ2) is 8.10. The van der Waals surface area contributed by atoms with Crippen molar-refractivity contribution in [3.05, 3.63) is 57.5 Å². The lowest BCUT2D eigenvalue weighted by Gasteiger charge is -2.28. The Morgan fingerprint density at radius 3 is 2.66 bits per heavy atom. The van der Waals surface area contributed by atoms with Gasteiger partial charge in [0.25, 0.3) is 5.56 Å². The van der Waals surface area contributed by atoms with Gasteiger partial charge < -0.3 is 9.88 Å². The van der Waals surface area contributed by atoms with Gasteiger partial charge in [-0.25, -0.2) is 4.98 Å². The number of H-pyrrole nitrogens is 1. The average Bonchev–Trinajstić information content (AvgIpc) is 3.33. The second-order valence-electron chi connectivity index (χ2n) is 10.1. The standard InChI is InChI=1S/C25H31N5O2/c31-24-20-8-11-29(13-16-5-9-26-10-6-16)15-21(20)27-23(28-24)17-7-12-30(14-17)25(32)22-18-3-1-2-4-19(18)22/h5-6,9-10,17-19,22H,1-4,7-8,11-15H2,(H,27,28,31)/t17-,18+,19+/m0/s1. The van der Waals surface area contributed by atoms with Crippen LogP contribution in [-0.4, -0.2) is 50.3 Å². The van der Waals surface area contributed by atoms with Gasteiger partial charge in [-0.15, -0.1) is 0 Å². The number of aromatic amines is 1. The first-order valence-corrected chi connectivity index (χ1v) is 12.2. The molecule has 4 aliphatic rings. The molecule has 6 rings (SSSR count). The first kappa shape index (κ1) is 20.1. The number of rotatable bonds is 4. The lowest BCUT2D eigenvalue weighted by Crippen LogP contribution is -2.36. The highest BCUT2D eigenvalue weighted by Crippen LogP contribution is 2.56. The highest BCUT2D eigenvalue weighted by molar-refractivity contribution is 5.82. The van der Waals surface area contributed by atoms with E-state index < -0.39 is 0 Å². The van der Waals surface area contributed by atoms with Crippen molar-refractivity contribution in [2.75, 3.05) is 19.6 Å². The number of pyridine rings is 1. The molecule has 1 saturated heterocycles. The maximum absolute atomic E-state index is 13.1. The number of hydrogen-bond acceptors (Lipinski definition) is 5. The van der Waals surface area contributed by atoms with Crippen molar-refractivity contribution >= 4 is 5.91 Å². The summed E-state index contributed by atoms with van der Waals surface area (Å²) < 4.78 is 0. The third-order valence-corrected chi connectivity index (χ3v) is 8.15. The first-order chi connectivity index (χ1) is 15.7. The van der Waals surface area contributed by atoms with Crippen LogP contribution in [0.1, 0.15) is 60.7 Å². The van der Waals surface area contributed by atoms with Crippen LogP contribution in [0.3, 0.4) is 0 Å². The summed E-state index contributed by atoms with van der Waals surface area (Å²) in [7, 11) is 0. The van der Waals surface area contributed by atoms with Gasteiger partial charge in [-0.05, 0) is 55.2 Å². The lowest BCUT2D eigenvalue weighted by molar-refractivity contribution is -0.132. The van der Waals surface area contributed by atoms with E-state index in [-0.39, 0.29) is 17.4 Å². The average molecular weight is 434 g/mol. The van der Waals surface area contributed by atoms with Gasteiger partial charge in [0.05, 0.1) is 5.69 Å². The summed E-state index contributed by atoms with van der Waals surface area (Å²) in [5, 5.41) is 0. The highest BCUT2D eigenvalue weighted by Gasteiger charge is 2.56. The first-order valence-electron chi connectivity index (χ1n) is 12.2. The summed E-state index contributed by atoms with van der Waals surface area (Å²) in [5.41, 5.74) is 2.96. The third-order valence-electron chi connectivity index (χ3n) is 8.15. The Balaban J connectivity index is 1.15. The fourth-order valence-electron chi connectivity index (χ4n) is 6.34. The zero-order valence-corrected chi connectivity index (χ0v) is 18.5. The van der Waals surface area contributed by atoms with Crippen LogP contribution in [-0.2, 0) is 24.3 Å². The molecule has 7 nitrogen and oxygen atoms in total. The fourth-order valence-corrected chi connectivity index (χ4v) is 6.34. The monoisotopic (exact) mass is 433 g/mol. The van der Waals surface area contributed by atoms with E-state index in [1.54, 1.807) is 0 Å². The molecular formula is C25H31N5O2. The summed E-state index contributed by atoms with van der Waals surface area (Å²) in [5.74, 6) is 2.81. The second-order valence-corrected chi connectivity index (χ2v) is 10.1. The number of nitrogens with zero attached hydrogens (tertiary/aromatic N) is 4. The van der Waals surface area contributed by atoms with Crippen molar-refractivity contribution in [2.24, 2.45) is 17.8 Å². The van der Waals surface area contributed by atoms with Gasteiger partial charge in [0, 0.05) is 62.5 Å². The smallest absolute Gasteiger partial charge is 0.254 e. The molecule has 32 heavy (non-hydrogen) atoms. The highest BCUT2D eigenvalue weighted by atomic mass is 16.2. The Morgan fingerprint density at radius 1 is 1.09 bits per heavy atom. The summed E-state index contributed by atoms with van der Waals surface area (Å²) in [4.78, 5) is 42.4. The van der Waals surface area contributed by atoms with E-state index in [1.165, 1.54) is 31.2 Å². The number of carbonyl (C=O) groups excluding carboxylic acids is 1. The maximum atomic E-state index is 13.1. The van der Waals surface area contributed by atoms with Crippen molar-refractivity contribution in [3.63, 3.8) is 0 Å². The van der Waals surface area contributed by atoms with E-state index in [4.69, 9.17) is 4.98 Å². The molecule has 1 N–H and O–H groups in total. The van der Waals surface area contributed by atoms with Crippen LogP contribution >= 0.6 is 0 Å². The van der Waals surface area contributed by atoms with Crippen LogP contribution < -0.4 is 5.56 Å². The number of fused-ring (bicyclic) bond motifs is 2. The molecule has 0 spiro atoms. The Labute approximate surface area is 188 Å². The number of nitrogens with one attached hydrogen (secondary N) is 1. The third kappa shape index (κ3) is 3.66. The normalized spacial score (nSPS) is 29.4. The predicted molar refractivity (Wildman–Crippen MR) is 120 cm³/mol. The van der Waals surface area contributed by atoms with Crippen molar-refractivity contribution in [2.45, 2.75) is 57.5 Å². The molecule has 3 atom stereocenters. The maximum Gasteiger partial charge on any atom is 0.254 e. The Bertz CT molecular complexity index is 1060. The largest absolute Gasteiger partial charge is 0.342 e. The van der Waals surface area contributed by atoms with Gasteiger partial charge in [-0.1, -0.05) is 12.8 Å². The molecule has 2 aromatic rings. The summed E-state index contributed by atoms with van der Waals surface area (Å²) >= 11 is 0. The van der Waals surface area contributed by atoms with Crippen molar-refractivity contribution in [3.8, 4) is 0 Å². The van der Waals surface area contributed by atoms with Gasteiger partial charge in [0.1, 0.15) is 5.82 Å². The Hall–Kier alpha value is -2.54. The molecule has 2 saturated carbocycles. The van der Waals surface area contributed by atoms with Crippen LogP contribution in [0.25, 0.3) is 0 Å². The van der Waals surface area contributed by atoms with Crippen molar-refractivity contribution in [1.82, 2.24) is 24.8 Å². The minimum Gasteiger partial charge on any atom is -0.342 e. The summed E-state index contributed by atoms with van der Waals surface area (Å²) in [6.07, 6.45) is 10.3. The summed E-state index contributed by atoms with van der Waals surface area (Å²) in [6, 6.07) is 4.07. The van der Waals surface area contributed by atoms with Gasteiger partial charge in [-0.2, -0.15) is 0 Å². The molecule has 0 radical (unpaired) electrons. The van der Waals surface area contributed by atoms with E-state index in [0.717, 1.165) is 49.6 Å². The van der Waals surface area contributed by atoms with Gasteiger partial charge in [0.15, 0.2) is 0 Å². The van der Waals surface area contributed by atoms with Crippen LogP contribution in [0.2, 0.25) is 0 Å². The topological polar surface area (TPSA) is 82.2 Å². The molecule has 4 heterocycles. The van der Waals surface area contributed by atoms with Crippen molar-refractivity contribution in [1.29, 1.82) is 0 Å². The van der Waals surface area contributed by atoms with Crippen LogP contribution in [0.4, 0.5) is 0 Å². The van der Waals surface area contributed by atoms with E-state index >= 15 is 0 Å². The SMILES string of the molecule is O=C(C1[C@@H]2CCCC[C@@H]12)N1CC[C@H](c2nc3c(c(=O)[nH]2)CCN(Cc2ccncc2)C3)C1. The Kier molecular flexibility index (Phi) is 5.09. The molecule has 2 aromatic heterocycles. The molecule has 0 bridgehead atoms. The molecular weight excluding hydrogens is 402 g/mol. The number of likely N-dealkylation sites (tertiary alicyclic amines) is 1. The van der Waals surface area contributed by atoms with E-state index in [0.29, 0.717) is 30.8 Å². The molecule has 0 aromatic carbocycles. The number of aromatic nitrogens is 3. The molecule has 0 unspecified atom stereocenters. The van der Waals surface area contributed by atoms with Crippen LogP contribution in [0.5, 0.6) is 0 Å². The van der Waals surface area contributed by atoms with Crippen LogP contribution in [0, 0.1) is 17.8 Å². The fraction of sp³-hybridized carbons (Fsp3) is 0.600. The molecule has 2 aliphatic carbocycles. The van der Waals surface area contributed by atoms with E-state index in [9.17, 15) is 9.59 Å². The van der Waals surface area contributed by atoms with Gasteiger partial charge in [-0.3, -0.25) is 19.5 Å². The predicted octanol–water partition coefficient (Wildman–Crippen LogP) is 2.48. The Morgan fingerprint density at radius 2 is 1.88 bits per heavy atom. The molecule has 2 aliphatic heterocycles. The minimum atomic E-state index is 0.00607. The number of hydrogen-bond donors (Lipinski definition) is 1. The zero-order chi connectivity index (χ0) is 21.7. The number of amides is 1. The minimum absolute atomic E-state index is 0.00607. The zero-order valence-electron chi connectivity index (χ0n) is 18.5. The number of carbonyl (C=O) groups is 1. The lowest BCUT2D eigenvalue weighted by atomic mass is 10.0. The van der Waals surface area contributed by atoms with Crippen molar-refractivity contribution < 1.29 is 4.79 Å². The van der Waals surface area contributed by atoms with E-state index in [1.807, 2.05) is 29.4 Å².